The van der Waals surface area contributed by atoms with E-state index in [9.17, 15) is 4.79 Å². The number of hydrogen-bond donors (Lipinski definition) is 0. The monoisotopic (exact) mass is 415 g/mol. The Kier molecular flexibility index (Phi) is 5.02. The van der Waals surface area contributed by atoms with Gasteiger partial charge in [0.2, 0.25) is 17.6 Å². The number of carbonyl (C=O) groups excluding carboxylic acids is 1. The highest BCUT2D eigenvalue weighted by Crippen LogP contribution is 2.30. The maximum Gasteiger partial charge on any atom is 0.230 e. The molecule has 0 bridgehead atoms. The molecule has 0 aliphatic carbocycles. The summed E-state index contributed by atoms with van der Waals surface area (Å²) >= 11 is 0. The fourth-order valence-corrected chi connectivity index (χ4v) is 4.35. The Morgan fingerprint density at radius 1 is 1.13 bits per heavy atom. The maximum atomic E-state index is 12.6. The number of aryl methyl sites for hydroxylation is 2. The molecule has 3 heterocycles. The van der Waals surface area contributed by atoms with Crippen LogP contribution in [0.15, 0.2) is 53.1 Å². The number of piperidine rings is 1. The number of rotatable bonds is 4. The number of likely N-dealkylation sites (tertiary alicyclic amines) is 1. The molecule has 4 aromatic rings. The highest BCUT2D eigenvalue weighted by atomic mass is 16.5. The lowest BCUT2D eigenvalue weighted by Crippen LogP contribution is -2.38. The Hall–Kier alpha value is -3.48. The first-order chi connectivity index (χ1) is 15.1. The van der Waals surface area contributed by atoms with Crippen molar-refractivity contribution in [3.63, 3.8) is 0 Å². The second-order valence-corrected chi connectivity index (χ2v) is 8.21. The van der Waals surface area contributed by atoms with Crippen LogP contribution >= 0.6 is 0 Å². The molecule has 2 aromatic heterocycles. The van der Waals surface area contributed by atoms with Gasteiger partial charge in [-0.05, 0) is 31.4 Å². The smallest absolute Gasteiger partial charge is 0.230 e. The predicted molar refractivity (Wildman–Crippen MR) is 117 cm³/mol. The lowest BCUT2D eigenvalue weighted by atomic mass is 9.96. The van der Waals surface area contributed by atoms with Crippen LogP contribution < -0.4 is 0 Å². The normalized spacial score (nSPS) is 15.0. The molecule has 2 aromatic carbocycles. The van der Waals surface area contributed by atoms with Crippen molar-refractivity contribution in [2.45, 2.75) is 32.1 Å². The van der Waals surface area contributed by atoms with Crippen LogP contribution in [0.3, 0.4) is 0 Å². The summed E-state index contributed by atoms with van der Waals surface area (Å²) in [5.41, 5.74) is 4.02. The van der Waals surface area contributed by atoms with Crippen molar-refractivity contribution in [2.24, 2.45) is 7.05 Å². The fourth-order valence-electron chi connectivity index (χ4n) is 4.35. The molecular weight excluding hydrogens is 390 g/mol. The van der Waals surface area contributed by atoms with E-state index in [-0.39, 0.29) is 11.8 Å². The summed E-state index contributed by atoms with van der Waals surface area (Å²) in [6.45, 7) is 3.44. The molecular formula is C24H25N5O2. The minimum atomic E-state index is 0.177. The average molecular weight is 415 g/mol. The molecule has 0 radical (unpaired) electrons. The molecule has 0 atom stereocenters. The zero-order valence-electron chi connectivity index (χ0n) is 17.8. The number of amides is 1. The first kappa shape index (κ1) is 19.5. The number of carbonyl (C=O) groups is 1. The quantitative estimate of drug-likeness (QED) is 0.506. The van der Waals surface area contributed by atoms with E-state index in [4.69, 9.17) is 4.52 Å². The highest BCUT2D eigenvalue weighted by Gasteiger charge is 2.27. The highest BCUT2D eigenvalue weighted by molar-refractivity contribution is 5.85. The van der Waals surface area contributed by atoms with Crippen molar-refractivity contribution in [1.82, 2.24) is 24.8 Å². The molecule has 7 heteroatoms. The van der Waals surface area contributed by atoms with Gasteiger partial charge in [0.25, 0.3) is 0 Å². The molecule has 1 saturated heterocycles. The standard InChI is InChI=1S/C24H25N5O2/c1-16-20-9-8-19(15-21(20)28(2)26-16)23-25-24(31-27-23)18-10-12-29(13-11-18)22(30)14-17-6-4-3-5-7-17/h3-9,15,18H,10-14H2,1-2H3. The Morgan fingerprint density at radius 2 is 1.90 bits per heavy atom. The third-order valence-electron chi connectivity index (χ3n) is 6.13. The minimum absolute atomic E-state index is 0.177. The third kappa shape index (κ3) is 3.83. The summed E-state index contributed by atoms with van der Waals surface area (Å²) < 4.78 is 7.48. The summed E-state index contributed by atoms with van der Waals surface area (Å²) in [6, 6.07) is 16.0. The number of nitrogens with zero attached hydrogens (tertiary/aromatic N) is 5. The SMILES string of the molecule is Cc1nn(C)c2cc(-c3noc(C4CCN(C(=O)Cc5ccccc5)CC4)n3)ccc12. The Balaban J connectivity index is 1.25. The van der Waals surface area contributed by atoms with Gasteiger partial charge >= 0.3 is 0 Å². The van der Waals surface area contributed by atoms with E-state index >= 15 is 0 Å². The molecule has 5 rings (SSSR count). The fraction of sp³-hybridized carbons (Fsp3) is 0.333. The summed E-state index contributed by atoms with van der Waals surface area (Å²) in [7, 11) is 1.94. The topological polar surface area (TPSA) is 77.0 Å². The van der Waals surface area contributed by atoms with Crippen molar-refractivity contribution in [3.8, 4) is 11.4 Å². The molecule has 0 unspecified atom stereocenters. The van der Waals surface area contributed by atoms with Gasteiger partial charge in [-0.3, -0.25) is 9.48 Å². The number of aromatic nitrogens is 4. The molecule has 1 fully saturated rings. The van der Waals surface area contributed by atoms with E-state index < -0.39 is 0 Å². The maximum absolute atomic E-state index is 12.6. The van der Waals surface area contributed by atoms with E-state index in [1.54, 1.807) is 0 Å². The second-order valence-electron chi connectivity index (χ2n) is 8.21. The zero-order valence-corrected chi connectivity index (χ0v) is 17.8. The lowest BCUT2D eigenvalue weighted by molar-refractivity contribution is -0.131. The van der Waals surface area contributed by atoms with E-state index in [0.717, 1.165) is 40.6 Å². The van der Waals surface area contributed by atoms with E-state index in [1.165, 1.54) is 0 Å². The molecule has 7 nitrogen and oxygen atoms in total. The van der Waals surface area contributed by atoms with Crippen molar-refractivity contribution in [1.29, 1.82) is 0 Å². The van der Waals surface area contributed by atoms with Crippen molar-refractivity contribution in [3.05, 3.63) is 65.7 Å². The molecule has 1 aliphatic heterocycles. The van der Waals surface area contributed by atoms with Crippen LogP contribution in [0.5, 0.6) is 0 Å². The molecule has 31 heavy (non-hydrogen) atoms. The largest absolute Gasteiger partial charge is 0.342 e. The number of hydrogen-bond acceptors (Lipinski definition) is 5. The Labute approximate surface area is 180 Å². The lowest BCUT2D eigenvalue weighted by Gasteiger charge is -2.30. The Morgan fingerprint density at radius 3 is 2.68 bits per heavy atom. The molecule has 0 N–H and O–H groups in total. The van der Waals surface area contributed by atoms with Crippen molar-refractivity contribution in [2.75, 3.05) is 13.1 Å². The predicted octanol–water partition coefficient (Wildman–Crippen LogP) is 3.88. The summed E-state index contributed by atoms with van der Waals surface area (Å²) in [5.74, 6) is 1.62. The van der Waals surface area contributed by atoms with Crippen LogP contribution in [0.2, 0.25) is 0 Å². The van der Waals surface area contributed by atoms with Crippen LogP contribution in [0.25, 0.3) is 22.3 Å². The van der Waals surface area contributed by atoms with Gasteiger partial charge in [0.15, 0.2) is 0 Å². The van der Waals surface area contributed by atoms with E-state index in [0.29, 0.717) is 31.2 Å². The van der Waals surface area contributed by atoms with Gasteiger partial charge in [0, 0.05) is 37.0 Å². The first-order valence-electron chi connectivity index (χ1n) is 10.7. The van der Waals surface area contributed by atoms with Gasteiger partial charge < -0.3 is 9.42 Å². The summed E-state index contributed by atoms with van der Waals surface area (Å²) in [4.78, 5) is 19.2. The van der Waals surface area contributed by atoms with Crippen LogP contribution in [0, 0.1) is 6.92 Å². The zero-order chi connectivity index (χ0) is 21.4. The van der Waals surface area contributed by atoms with Gasteiger partial charge in [-0.2, -0.15) is 10.1 Å². The molecule has 1 amide bonds. The van der Waals surface area contributed by atoms with Crippen LogP contribution in [0.4, 0.5) is 0 Å². The molecule has 158 valence electrons. The number of benzene rings is 2. The first-order valence-corrected chi connectivity index (χ1v) is 10.7. The van der Waals surface area contributed by atoms with Crippen LogP contribution in [-0.4, -0.2) is 43.8 Å². The van der Waals surface area contributed by atoms with E-state index in [1.807, 2.05) is 60.0 Å². The van der Waals surface area contributed by atoms with Gasteiger partial charge in [0.1, 0.15) is 0 Å². The van der Waals surface area contributed by atoms with Crippen LogP contribution in [0.1, 0.15) is 35.9 Å². The van der Waals surface area contributed by atoms with Gasteiger partial charge in [-0.15, -0.1) is 0 Å². The van der Waals surface area contributed by atoms with Gasteiger partial charge in [-0.25, -0.2) is 0 Å². The van der Waals surface area contributed by atoms with Crippen molar-refractivity contribution < 1.29 is 9.32 Å². The summed E-state index contributed by atoms with van der Waals surface area (Å²) in [6.07, 6.45) is 2.12. The third-order valence-corrected chi connectivity index (χ3v) is 6.13. The van der Waals surface area contributed by atoms with Gasteiger partial charge in [0.05, 0.1) is 17.6 Å². The second kappa shape index (κ2) is 7.98. The minimum Gasteiger partial charge on any atom is -0.342 e. The van der Waals surface area contributed by atoms with Gasteiger partial charge in [-0.1, -0.05) is 47.6 Å². The molecule has 0 saturated carbocycles. The van der Waals surface area contributed by atoms with Crippen molar-refractivity contribution >= 4 is 16.8 Å². The molecule has 1 aliphatic rings. The molecule has 0 spiro atoms. The Bertz CT molecular complexity index is 1220. The van der Waals surface area contributed by atoms with E-state index in [2.05, 4.69) is 27.4 Å². The van der Waals surface area contributed by atoms with Crippen LogP contribution in [-0.2, 0) is 18.3 Å². The summed E-state index contributed by atoms with van der Waals surface area (Å²) in [5, 5.41) is 9.82. The average Bonchev–Trinajstić information content (AvgIpc) is 3.39. The number of fused-ring (bicyclic) bond motifs is 1.